The zero-order valence-electron chi connectivity index (χ0n) is 7.33. The average molecular weight is 173 g/mol. The molecule has 2 heterocycles. The van der Waals surface area contributed by atoms with Gasteiger partial charge in [-0.15, -0.1) is 0 Å². The molecule has 0 unspecified atom stereocenters. The fraction of sp³-hybridized carbons (Fsp3) is 0.300. The number of nitrogens with one attached hydrogen (secondary N) is 1. The average Bonchev–Trinajstić information content (AvgIpc) is 2.47. The lowest BCUT2D eigenvalue weighted by atomic mass is 10.1. The summed E-state index contributed by atoms with van der Waals surface area (Å²) in [5, 5.41) is 8.15. The molecular formula is C10H11N3. The maximum absolute atomic E-state index is 4.00. The van der Waals surface area contributed by atoms with Crippen LogP contribution in [0.15, 0.2) is 24.4 Å². The number of hydrogen-bond donors (Lipinski definition) is 1. The molecular weight excluding hydrogens is 162 g/mol. The molecule has 1 N–H and O–H groups in total. The number of nitrogens with zero attached hydrogens (tertiary/aromatic N) is 2. The predicted molar refractivity (Wildman–Crippen MR) is 52.9 cm³/mol. The van der Waals surface area contributed by atoms with Crippen LogP contribution in [0.3, 0.4) is 0 Å². The van der Waals surface area contributed by atoms with Gasteiger partial charge in [-0.05, 0) is 24.6 Å². The Morgan fingerprint density at radius 3 is 3.00 bits per heavy atom. The molecule has 1 fully saturated rings. The van der Waals surface area contributed by atoms with E-state index in [-0.39, 0.29) is 0 Å². The molecule has 1 aromatic heterocycles. The van der Waals surface area contributed by atoms with E-state index in [4.69, 9.17) is 0 Å². The molecule has 2 aromatic rings. The highest BCUT2D eigenvalue weighted by atomic mass is 15.2. The number of benzene rings is 1. The minimum Gasteiger partial charge on any atom is -0.371 e. The monoisotopic (exact) mass is 173 g/mol. The minimum atomic E-state index is 1.12. The molecule has 13 heavy (non-hydrogen) atoms. The quantitative estimate of drug-likeness (QED) is 0.712. The number of anilines is 1. The van der Waals surface area contributed by atoms with Gasteiger partial charge in [-0.2, -0.15) is 5.10 Å². The molecule has 0 amide bonds. The molecule has 0 spiro atoms. The Hall–Kier alpha value is -1.51. The van der Waals surface area contributed by atoms with E-state index in [1.165, 1.54) is 30.6 Å². The summed E-state index contributed by atoms with van der Waals surface area (Å²) in [5.74, 6) is 0. The highest BCUT2D eigenvalue weighted by Crippen LogP contribution is 2.23. The maximum Gasteiger partial charge on any atom is 0.0651 e. The smallest absolute Gasteiger partial charge is 0.0651 e. The molecule has 1 aliphatic rings. The summed E-state index contributed by atoms with van der Waals surface area (Å²) in [6.45, 7) is 2.40. The fourth-order valence-electron chi connectivity index (χ4n) is 1.70. The van der Waals surface area contributed by atoms with Crippen LogP contribution in [0.5, 0.6) is 0 Å². The van der Waals surface area contributed by atoms with E-state index < -0.39 is 0 Å². The second-order valence-electron chi connectivity index (χ2n) is 3.48. The molecule has 0 atom stereocenters. The zero-order chi connectivity index (χ0) is 8.67. The highest BCUT2D eigenvalue weighted by Gasteiger charge is 2.14. The summed E-state index contributed by atoms with van der Waals surface area (Å²) in [4.78, 5) is 2.38. The van der Waals surface area contributed by atoms with Gasteiger partial charge in [-0.25, -0.2) is 0 Å². The Morgan fingerprint density at radius 1 is 1.31 bits per heavy atom. The molecule has 0 saturated carbocycles. The number of fused-ring (bicyclic) bond motifs is 1. The normalized spacial score (nSPS) is 16.2. The van der Waals surface area contributed by atoms with Crippen LogP contribution in [0.4, 0.5) is 5.69 Å². The summed E-state index contributed by atoms with van der Waals surface area (Å²) < 4.78 is 0. The van der Waals surface area contributed by atoms with Crippen LogP contribution < -0.4 is 4.90 Å². The number of H-pyrrole nitrogens is 1. The van der Waals surface area contributed by atoms with Crippen molar-refractivity contribution in [3.63, 3.8) is 0 Å². The van der Waals surface area contributed by atoms with Gasteiger partial charge in [0.25, 0.3) is 0 Å². The van der Waals surface area contributed by atoms with Gasteiger partial charge in [-0.1, -0.05) is 0 Å². The van der Waals surface area contributed by atoms with Gasteiger partial charge in [0.1, 0.15) is 0 Å². The summed E-state index contributed by atoms with van der Waals surface area (Å²) >= 11 is 0. The van der Waals surface area contributed by atoms with Crippen molar-refractivity contribution < 1.29 is 0 Å². The first-order chi connectivity index (χ1) is 6.43. The third kappa shape index (κ3) is 1.00. The molecule has 0 radical (unpaired) electrons. The third-order valence-corrected chi connectivity index (χ3v) is 2.64. The maximum atomic E-state index is 4.00. The van der Waals surface area contributed by atoms with Crippen molar-refractivity contribution >= 4 is 16.6 Å². The molecule has 1 saturated heterocycles. The second kappa shape index (κ2) is 2.49. The van der Waals surface area contributed by atoms with E-state index in [0.717, 1.165) is 5.52 Å². The van der Waals surface area contributed by atoms with E-state index in [1.807, 2.05) is 6.20 Å². The standard InChI is InChI=1S/C10H11N3/c1-4-13(5-1)9-2-3-10-8(6-9)7-11-12-10/h2-3,6-7H,1,4-5H2,(H,11,12). The molecule has 3 heteroatoms. The Balaban J connectivity index is 2.09. The number of rotatable bonds is 1. The predicted octanol–water partition coefficient (Wildman–Crippen LogP) is 1.77. The Labute approximate surface area is 76.4 Å². The van der Waals surface area contributed by atoms with Gasteiger partial charge in [0.05, 0.1) is 11.7 Å². The molecule has 3 nitrogen and oxygen atoms in total. The summed E-state index contributed by atoms with van der Waals surface area (Å²) in [6, 6.07) is 6.44. The van der Waals surface area contributed by atoms with E-state index in [2.05, 4.69) is 33.3 Å². The molecule has 3 rings (SSSR count). The lowest BCUT2D eigenvalue weighted by Crippen LogP contribution is -2.36. The topological polar surface area (TPSA) is 31.9 Å². The van der Waals surface area contributed by atoms with E-state index in [0.29, 0.717) is 0 Å². The number of aromatic amines is 1. The van der Waals surface area contributed by atoms with Crippen molar-refractivity contribution in [1.82, 2.24) is 10.2 Å². The van der Waals surface area contributed by atoms with Gasteiger partial charge in [-0.3, -0.25) is 5.10 Å². The van der Waals surface area contributed by atoms with Crippen molar-refractivity contribution in [2.75, 3.05) is 18.0 Å². The molecule has 0 aliphatic carbocycles. The minimum absolute atomic E-state index is 1.12. The van der Waals surface area contributed by atoms with Crippen LogP contribution >= 0.6 is 0 Å². The third-order valence-electron chi connectivity index (χ3n) is 2.64. The Bertz CT molecular complexity index is 428. The van der Waals surface area contributed by atoms with Gasteiger partial charge in [0.2, 0.25) is 0 Å². The van der Waals surface area contributed by atoms with Crippen LogP contribution in [0, 0.1) is 0 Å². The summed E-state index contributed by atoms with van der Waals surface area (Å²) in [7, 11) is 0. The SMILES string of the molecule is c1cc2[nH]ncc2cc1N1CCC1. The largest absolute Gasteiger partial charge is 0.371 e. The summed E-state index contributed by atoms with van der Waals surface area (Å²) in [6.07, 6.45) is 3.20. The van der Waals surface area contributed by atoms with E-state index in [1.54, 1.807) is 0 Å². The van der Waals surface area contributed by atoms with Crippen molar-refractivity contribution in [1.29, 1.82) is 0 Å². The molecule has 1 aromatic carbocycles. The van der Waals surface area contributed by atoms with Crippen molar-refractivity contribution in [3.8, 4) is 0 Å². The summed E-state index contributed by atoms with van der Waals surface area (Å²) in [5.41, 5.74) is 2.43. The van der Waals surface area contributed by atoms with Crippen molar-refractivity contribution in [2.24, 2.45) is 0 Å². The van der Waals surface area contributed by atoms with Crippen LogP contribution in [0.25, 0.3) is 10.9 Å². The Morgan fingerprint density at radius 2 is 2.23 bits per heavy atom. The number of hydrogen-bond acceptors (Lipinski definition) is 2. The van der Waals surface area contributed by atoms with Crippen LogP contribution in [0.2, 0.25) is 0 Å². The van der Waals surface area contributed by atoms with Gasteiger partial charge in [0, 0.05) is 24.2 Å². The molecule has 1 aliphatic heterocycles. The molecule has 0 bridgehead atoms. The van der Waals surface area contributed by atoms with Crippen LogP contribution in [-0.4, -0.2) is 23.3 Å². The fourth-order valence-corrected chi connectivity index (χ4v) is 1.70. The Kier molecular flexibility index (Phi) is 1.33. The van der Waals surface area contributed by atoms with Gasteiger partial charge in [0.15, 0.2) is 0 Å². The highest BCUT2D eigenvalue weighted by molar-refractivity contribution is 5.82. The first kappa shape index (κ1) is 6.95. The molecule has 66 valence electrons. The second-order valence-corrected chi connectivity index (χ2v) is 3.48. The van der Waals surface area contributed by atoms with Crippen molar-refractivity contribution in [3.05, 3.63) is 24.4 Å². The lowest BCUT2D eigenvalue weighted by Gasteiger charge is -2.33. The van der Waals surface area contributed by atoms with Crippen LogP contribution in [-0.2, 0) is 0 Å². The number of aromatic nitrogens is 2. The van der Waals surface area contributed by atoms with Crippen LogP contribution in [0.1, 0.15) is 6.42 Å². The van der Waals surface area contributed by atoms with Gasteiger partial charge < -0.3 is 4.90 Å². The zero-order valence-corrected chi connectivity index (χ0v) is 7.33. The van der Waals surface area contributed by atoms with E-state index >= 15 is 0 Å². The lowest BCUT2D eigenvalue weighted by molar-refractivity contribution is 0.618. The first-order valence-electron chi connectivity index (χ1n) is 4.61. The van der Waals surface area contributed by atoms with Gasteiger partial charge >= 0.3 is 0 Å². The van der Waals surface area contributed by atoms with Crippen molar-refractivity contribution in [2.45, 2.75) is 6.42 Å². The first-order valence-corrected chi connectivity index (χ1v) is 4.61. The van der Waals surface area contributed by atoms with E-state index in [9.17, 15) is 0 Å².